The SMILES string of the molecule is Cn1ccnc1CN1CCC(C(=O)NCC(C)(O)C(F)(F)F)CC1. The van der Waals surface area contributed by atoms with Crippen molar-refractivity contribution in [2.75, 3.05) is 19.6 Å². The van der Waals surface area contributed by atoms with Gasteiger partial charge in [0, 0.05) is 25.4 Å². The zero-order valence-electron chi connectivity index (χ0n) is 13.8. The van der Waals surface area contributed by atoms with Gasteiger partial charge in [0.2, 0.25) is 5.91 Å². The molecule has 2 N–H and O–H groups in total. The standard InChI is InChI=1S/C15H23F3N4O2/c1-14(24,15(16,17)18)10-20-13(23)11-3-6-22(7-4-11)9-12-19-5-8-21(12)2/h5,8,11,24H,3-4,6-7,9-10H2,1-2H3,(H,20,23). The van der Waals surface area contributed by atoms with Crippen LogP contribution in [0, 0.1) is 5.92 Å². The van der Waals surface area contributed by atoms with Gasteiger partial charge < -0.3 is 15.0 Å². The minimum Gasteiger partial charge on any atom is -0.379 e. The van der Waals surface area contributed by atoms with Gasteiger partial charge in [0.25, 0.3) is 0 Å². The van der Waals surface area contributed by atoms with Crippen LogP contribution in [0.3, 0.4) is 0 Å². The molecule has 0 aliphatic carbocycles. The van der Waals surface area contributed by atoms with E-state index >= 15 is 0 Å². The van der Waals surface area contributed by atoms with E-state index in [0.717, 1.165) is 5.82 Å². The van der Waals surface area contributed by atoms with E-state index < -0.39 is 24.2 Å². The molecule has 1 amide bonds. The number of rotatable bonds is 5. The molecule has 1 aromatic heterocycles. The Morgan fingerprint density at radius 1 is 1.42 bits per heavy atom. The Hall–Kier alpha value is -1.61. The molecule has 1 atom stereocenters. The van der Waals surface area contributed by atoms with E-state index in [1.54, 1.807) is 6.20 Å². The number of likely N-dealkylation sites (tertiary alicyclic amines) is 1. The van der Waals surface area contributed by atoms with Crippen LogP contribution in [0.4, 0.5) is 13.2 Å². The van der Waals surface area contributed by atoms with Crippen LogP contribution in [0.25, 0.3) is 0 Å². The molecule has 24 heavy (non-hydrogen) atoms. The molecule has 1 saturated heterocycles. The minimum atomic E-state index is -4.77. The van der Waals surface area contributed by atoms with E-state index in [1.165, 1.54) is 0 Å². The highest BCUT2D eigenvalue weighted by molar-refractivity contribution is 5.78. The Kier molecular flexibility index (Phi) is 5.54. The summed E-state index contributed by atoms with van der Waals surface area (Å²) in [6.45, 7) is 1.87. The highest BCUT2D eigenvalue weighted by Crippen LogP contribution is 2.29. The molecular weight excluding hydrogens is 325 g/mol. The number of alkyl halides is 3. The van der Waals surface area contributed by atoms with Crippen LogP contribution in [-0.4, -0.2) is 56.9 Å². The first-order chi connectivity index (χ1) is 11.1. The molecule has 2 rings (SSSR count). The lowest BCUT2D eigenvalue weighted by molar-refractivity contribution is -0.250. The average Bonchev–Trinajstić information content (AvgIpc) is 2.90. The van der Waals surface area contributed by atoms with Crippen molar-refractivity contribution in [2.45, 2.75) is 38.1 Å². The Labute approximate surface area is 138 Å². The van der Waals surface area contributed by atoms with Crippen LogP contribution in [0.15, 0.2) is 12.4 Å². The van der Waals surface area contributed by atoms with E-state index in [4.69, 9.17) is 0 Å². The van der Waals surface area contributed by atoms with Crippen molar-refractivity contribution in [1.29, 1.82) is 0 Å². The minimum absolute atomic E-state index is 0.327. The molecule has 0 spiro atoms. The van der Waals surface area contributed by atoms with Gasteiger partial charge in [-0.2, -0.15) is 13.2 Å². The molecule has 136 valence electrons. The number of imidazole rings is 1. The summed E-state index contributed by atoms with van der Waals surface area (Å²) in [4.78, 5) is 18.4. The fourth-order valence-electron chi connectivity index (χ4n) is 2.61. The first kappa shape index (κ1) is 18.7. The van der Waals surface area contributed by atoms with Crippen molar-refractivity contribution in [3.63, 3.8) is 0 Å². The Morgan fingerprint density at radius 2 is 2.04 bits per heavy atom. The van der Waals surface area contributed by atoms with E-state index in [-0.39, 0.29) is 5.92 Å². The fraction of sp³-hybridized carbons (Fsp3) is 0.733. The summed E-state index contributed by atoms with van der Waals surface area (Å²) in [5, 5.41) is 11.6. The van der Waals surface area contributed by atoms with Crippen LogP contribution in [0.1, 0.15) is 25.6 Å². The number of hydrogen-bond donors (Lipinski definition) is 2. The summed E-state index contributed by atoms with van der Waals surface area (Å²) in [6, 6.07) is 0. The molecule has 6 nitrogen and oxygen atoms in total. The summed E-state index contributed by atoms with van der Waals surface area (Å²) >= 11 is 0. The van der Waals surface area contributed by atoms with Gasteiger partial charge in [-0.05, 0) is 32.9 Å². The van der Waals surface area contributed by atoms with Crippen molar-refractivity contribution in [3.05, 3.63) is 18.2 Å². The third-order valence-electron chi connectivity index (χ3n) is 4.46. The summed E-state index contributed by atoms with van der Waals surface area (Å²) in [6.07, 6.45) is -0.0370. The molecule has 0 saturated carbocycles. The van der Waals surface area contributed by atoms with Crippen LogP contribution >= 0.6 is 0 Å². The predicted octanol–water partition coefficient (Wildman–Crippen LogP) is 1.06. The molecule has 1 fully saturated rings. The molecule has 0 bridgehead atoms. The average molecular weight is 348 g/mol. The number of aryl methyl sites for hydroxylation is 1. The van der Waals surface area contributed by atoms with Crippen molar-refractivity contribution in [2.24, 2.45) is 13.0 Å². The summed E-state index contributed by atoms with van der Waals surface area (Å²) < 4.78 is 39.7. The Morgan fingerprint density at radius 3 is 2.54 bits per heavy atom. The van der Waals surface area contributed by atoms with Gasteiger partial charge in [-0.25, -0.2) is 4.98 Å². The number of aliphatic hydroxyl groups is 1. The largest absolute Gasteiger partial charge is 0.418 e. The van der Waals surface area contributed by atoms with Gasteiger partial charge in [-0.1, -0.05) is 0 Å². The third-order valence-corrected chi connectivity index (χ3v) is 4.46. The summed E-state index contributed by atoms with van der Waals surface area (Å²) in [7, 11) is 1.91. The predicted molar refractivity (Wildman–Crippen MR) is 80.9 cm³/mol. The number of aromatic nitrogens is 2. The lowest BCUT2D eigenvalue weighted by Gasteiger charge is -2.32. The van der Waals surface area contributed by atoms with Crippen LogP contribution in [0.2, 0.25) is 0 Å². The van der Waals surface area contributed by atoms with E-state index in [9.17, 15) is 23.1 Å². The van der Waals surface area contributed by atoms with E-state index in [0.29, 0.717) is 39.4 Å². The summed E-state index contributed by atoms with van der Waals surface area (Å²) in [5.74, 6) is 0.168. The highest BCUT2D eigenvalue weighted by atomic mass is 19.4. The quantitative estimate of drug-likeness (QED) is 0.835. The summed E-state index contributed by atoms with van der Waals surface area (Å²) in [5.41, 5.74) is -2.92. The van der Waals surface area contributed by atoms with Crippen molar-refractivity contribution in [1.82, 2.24) is 19.8 Å². The van der Waals surface area contributed by atoms with Gasteiger partial charge in [0.05, 0.1) is 13.1 Å². The van der Waals surface area contributed by atoms with Gasteiger partial charge >= 0.3 is 6.18 Å². The number of hydrogen-bond acceptors (Lipinski definition) is 4. The number of amides is 1. The van der Waals surface area contributed by atoms with Gasteiger partial charge in [0.1, 0.15) is 5.82 Å². The van der Waals surface area contributed by atoms with Crippen molar-refractivity contribution in [3.8, 4) is 0 Å². The molecule has 1 aliphatic rings. The van der Waals surface area contributed by atoms with E-state index in [1.807, 2.05) is 17.8 Å². The fourth-order valence-corrected chi connectivity index (χ4v) is 2.61. The maximum atomic E-state index is 12.6. The first-order valence-corrected chi connectivity index (χ1v) is 7.85. The maximum absolute atomic E-state index is 12.6. The Bertz CT molecular complexity index is 563. The molecule has 2 heterocycles. The lowest BCUT2D eigenvalue weighted by atomic mass is 9.95. The topological polar surface area (TPSA) is 70.4 Å². The lowest BCUT2D eigenvalue weighted by Crippen LogP contribution is -2.52. The van der Waals surface area contributed by atoms with Crippen LogP contribution < -0.4 is 5.32 Å². The molecule has 1 aromatic rings. The van der Waals surface area contributed by atoms with Crippen LogP contribution in [-0.2, 0) is 18.4 Å². The smallest absolute Gasteiger partial charge is 0.379 e. The third kappa shape index (κ3) is 4.47. The maximum Gasteiger partial charge on any atom is 0.418 e. The van der Waals surface area contributed by atoms with Crippen molar-refractivity contribution < 1.29 is 23.1 Å². The zero-order valence-corrected chi connectivity index (χ0v) is 13.8. The number of nitrogens with one attached hydrogen (secondary N) is 1. The second-order valence-corrected chi connectivity index (χ2v) is 6.49. The second kappa shape index (κ2) is 7.10. The number of nitrogens with zero attached hydrogens (tertiary/aromatic N) is 3. The van der Waals surface area contributed by atoms with Gasteiger partial charge in [-0.15, -0.1) is 0 Å². The van der Waals surface area contributed by atoms with Crippen LogP contribution in [0.5, 0.6) is 0 Å². The normalized spacial score (nSPS) is 19.9. The number of halogens is 3. The molecule has 0 aromatic carbocycles. The second-order valence-electron chi connectivity index (χ2n) is 6.49. The number of carbonyl (C=O) groups is 1. The Balaban J connectivity index is 1.77. The molecular formula is C15H23F3N4O2. The van der Waals surface area contributed by atoms with Gasteiger partial charge in [-0.3, -0.25) is 9.69 Å². The molecule has 9 heteroatoms. The molecule has 1 aliphatic heterocycles. The van der Waals surface area contributed by atoms with Gasteiger partial charge in [0.15, 0.2) is 5.60 Å². The molecule has 1 unspecified atom stereocenters. The monoisotopic (exact) mass is 348 g/mol. The zero-order chi connectivity index (χ0) is 18.0. The number of piperidine rings is 1. The number of carbonyl (C=O) groups excluding carboxylic acids is 1. The highest BCUT2D eigenvalue weighted by Gasteiger charge is 2.50. The van der Waals surface area contributed by atoms with Crippen molar-refractivity contribution >= 4 is 5.91 Å². The molecule has 0 radical (unpaired) electrons. The first-order valence-electron chi connectivity index (χ1n) is 7.85. The van der Waals surface area contributed by atoms with E-state index in [2.05, 4.69) is 15.2 Å².